The van der Waals surface area contributed by atoms with Gasteiger partial charge in [-0.15, -0.1) is 0 Å². The number of carbonyl (C=O) groups is 2. The predicted octanol–water partition coefficient (Wildman–Crippen LogP) is 5.44. The number of hydrogen-bond donors (Lipinski definition) is 2. The molecule has 0 saturated carbocycles. The van der Waals surface area contributed by atoms with Crippen LogP contribution in [0.1, 0.15) is 106 Å². The minimum absolute atomic E-state index is 0.253. The van der Waals surface area contributed by atoms with E-state index in [1.54, 1.807) is 0 Å². The van der Waals surface area contributed by atoms with Gasteiger partial charge in [0.1, 0.15) is 12.2 Å². The van der Waals surface area contributed by atoms with Gasteiger partial charge in [0.25, 0.3) is 0 Å². The van der Waals surface area contributed by atoms with Gasteiger partial charge >= 0.3 is 11.9 Å². The Hall–Kier alpha value is -1.18. The molecule has 4 unspecified atom stereocenters. The van der Waals surface area contributed by atoms with Gasteiger partial charge < -0.3 is 24.4 Å². The molecule has 2 fully saturated rings. The number of carboxylic acid groups (broad SMARTS) is 2. The van der Waals surface area contributed by atoms with Gasteiger partial charge in [-0.05, 0) is 12.8 Å². The Balaban J connectivity index is 2.46. The summed E-state index contributed by atoms with van der Waals surface area (Å²) in [7, 11) is 0. The molecule has 0 amide bonds. The monoisotopic (exact) mass is 470 g/mol. The van der Waals surface area contributed by atoms with E-state index < -0.39 is 46.2 Å². The second-order valence-corrected chi connectivity index (χ2v) is 11.2. The van der Waals surface area contributed by atoms with Crippen LogP contribution >= 0.6 is 0 Å². The highest BCUT2D eigenvalue weighted by atomic mass is 16.7. The minimum Gasteiger partial charge on any atom is -0.479 e. The molecule has 0 aromatic rings. The second-order valence-electron chi connectivity index (χ2n) is 11.2. The Morgan fingerprint density at radius 2 is 1.06 bits per heavy atom. The Bertz CT molecular complexity index is 610. The van der Waals surface area contributed by atoms with Crippen LogP contribution in [0.3, 0.4) is 0 Å². The van der Waals surface area contributed by atoms with Gasteiger partial charge in [-0.2, -0.15) is 0 Å². The molecule has 2 aliphatic heterocycles. The number of unbranched alkanes of at least 4 members (excludes halogenated alkanes) is 6. The maximum Gasteiger partial charge on any atom is 0.339 e. The maximum absolute atomic E-state index is 13.0. The van der Waals surface area contributed by atoms with Gasteiger partial charge in [-0.1, -0.05) is 92.9 Å². The first-order valence-electron chi connectivity index (χ1n) is 12.8. The van der Waals surface area contributed by atoms with Gasteiger partial charge in [0.2, 0.25) is 0 Å². The van der Waals surface area contributed by atoms with Crippen molar-refractivity contribution in [2.24, 2.45) is 10.8 Å². The van der Waals surface area contributed by atoms with Gasteiger partial charge in [-0.25, -0.2) is 9.59 Å². The zero-order chi connectivity index (χ0) is 24.9. The molecule has 0 aromatic carbocycles. The lowest BCUT2D eigenvalue weighted by Gasteiger charge is -2.51. The van der Waals surface area contributed by atoms with E-state index in [0.29, 0.717) is 12.8 Å². The van der Waals surface area contributed by atoms with Crippen molar-refractivity contribution in [1.29, 1.82) is 0 Å². The molecule has 0 aromatic heterocycles. The van der Waals surface area contributed by atoms with E-state index in [4.69, 9.17) is 14.2 Å². The molecule has 7 heteroatoms. The van der Waals surface area contributed by atoms with Gasteiger partial charge in [0, 0.05) is 10.8 Å². The highest BCUT2D eigenvalue weighted by Crippen LogP contribution is 2.55. The molecule has 0 spiro atoms. The summed E-state index contributed by atoms with van der Waals surface area (Å²) in [6, 6.07) is 0. The van der Waals surface area contributed by atoms with Crippen LogP contribution in [-0.4, -0.2) is 58.8 Å². The van der Waals surface area contributed by atoms with Crippen LogP contribution in [0.2, 0.25) is 0 Å². The Morgan fingerprint density at radius 3 is 1.30 bits per heavy atom. The number of epoxide rings is 2. The zero-order valence-corrected chi connectivity index (χ0v) is 21.6. The molecular formula is C26H46O7. The third kappa shape index (κ3) is 5.73. The second kappa shape index (κ2) is 11.0. The van der Waals surface area contributed by atoms with E-state index in [2.05, 4.69) is 13.8 Å². The van der Waals surface area contributed by atoms with Crippen LogP contribution < -0.4 is 0 Å². The lowest BCUT2D eigenvalue weighted by Crippen LogP contribution is -2.68. The molecule has 7 nitrogen and oxygen atoms in total. The first-order chi connectivity index (χ1) is 15.4. The average Bonchev–Trinajstić information content (AvgIpc) is 3.61. The Kier molecular flexibility index (Phi) is 9.39. The number of hydrogen-bond acceptors (Lipinski definition) is 5. The molecule has 2 saturated heterocycles. The number of aliphatic carboxylic acids is 2. The van der Waals surface area contributed by atoms with Crippen LogP contribution in [0, 0.1) is 10.8 Å². The van der Waals surface area contributed by atoms with Gasteiger partial charge in [0.05, 0.1) is 13.2 Å². The summed E-state index contributed by atoms with van der Waals surface area (Å²) < 4.78 is 17.7. The van der Waals surface area contributed by atoms with Crippen LogP contribution in [0.4, 0.5) is 0 Å². The standard InChI is InChI=1S/C26H46O7/c1-7-9-11-13-15-23(3,4)25(21(27)28,19-17-31-19)33-26(22(29)30,20-18-32-20)24(5,6)16-14-12-10-8-2/h19-20H,7-18H2,1-6H3,(H,27,28)(H,29,30). The molecule has 2 rings (SSSR count). The molecule has 0 bridgehead atoms. The van der Waals surface area contributed by atoms with Crippen molar-refractivity contribution in [2.75, 3.05) is 13.2 Å². The molecule has 0 aliphatic carbocycles. The molecule has 2 N–H and O–H groups in total. The van der Waals surface area contributed by atoms with Crippen LogP contribution in [0.15, 0.2) is 0 Å². The third-order valence-corrected chi connectivity index (χ3v) is 7.85. The molecule has 2 aliphatic rings. The van der Waals surface area contributed by atoms with Crippen molar-refractivity contribution in [3.8, 4) is 0 Å². The van der Waals surface area contributed by atoms with Crippen molar-refractivity contribution in [3.05, 3.63) is 0 Å². The van der Waals surface area contributed by atoms with Gasteiger partial charge in [0.15, 0.2) is 11.2 Å². The topological polar surface area (TPSA) is 109 Å². The molecule has 192 valence electrons. The maximum atomic E-state index is 13.0. The normalized spacial score (nSPS) is 24.1. The SMILES string of the molecule is CCCCCCC(C)(C)C(OC(C(=O)O)(C1CO1)C(C)(C)CCCCCC)(C(=O)O)C1CO1. The first kappa shape index (κ1) is 28.1. The van der Waals surface area contributed by atoms with E-state index >= 15 is 0 Å². The molecule has 0 radical (unpaired) electrons. The number of carboxylic acids is 2. The highest BCUT2D eigenvalue weighted by molar-refractivity contribution is 5.84. The fraction of sp³-hybridized carbons (Fsp3) is 0.923. The Labute approximate surface area is 199 Å². The van der Waals surface area contributed by atoms with E-state index in [1.807, 2.05) is 27.7 Å². The van der Waals surface area contributed by atoms with Crippen molar-refractivity contribution in [2.45, 2.75) is 129 Å². The quantitative estimate of drug-likeness (QED) is 0.203. The fourth-order valence-corrected chi connectivity index (χ4v) is 5.40. The molecular weight excluding hydrogens is 424 g/mol. The summed E-state index contributed by atoms with van der Waals surface area (Å²) in [4.78, 5) is 25.9. The van der Waals surface area contributed by atoms with Gasteiger partial charge in [-0.3, -0.25) is 0 Å². The summed E-state index contributed by atoms with van der Waals surface area (Å²) >= 11 is 0. The summed E-state index contributed by atoms with van der Waals surface area (Å²) in [5.74, 6) is -2.31. The number of rotatable bonds is 18. The van der Waals surface area contributed by atoms with Crippen LogP contribution in [0.25, 0.3) is 0 Å². The lowest BCUT2D eigenvalue weighted by molar-refractivity contribution is -0.260. The van der Waals surface area contributed by atoms with E-state index in [1.165, 1.54) is 0 Å². The predicted molar refractivity (Wildman–Crippen MR) is 126 cm³/mol. The van der Waals surface area contributed by atoms with Crippen molar-refractivity contribution >= 4 is 11.9 Å². The minimum atomic E-state index is -1.77. The Morgan fingerprint density at radius 1 is 0.727 bits per heavy atom. The van der Waals surface area contributed by atoms with E-state index in [-0.39, 0.29) is 13.2 Å². The summed E-state index contributed by atoms with van der Waals surface area (Å²) in [5, 5.41) is 21.2. The fourth-order valence-electron chi connectivity index (χ4n) is 5.40. The molecule has 4 atom stereocenters. The van der Waals surface area contributed by atoms with E-state index in [9.17, 15) is 19.8 Å². The van der Waals surface area contributed by atoms with Crippen LogP contribution in [-0.2, 0) is 23.8 Å². The van der Waals surface area contributed by atoms with Crippen LogP contribution in [0.5, 0.6) is 0 Å². The zero-order valence-electron chi connectivity index (χ0n) is 21.6. The van der Waals surface area contributed by atoms with Crippen molar-refractivity contribution in [3.63, 3.8) is 0 Å². The summed E-state index contributed by atoms with van der Waals surface area (Å²) in [6.45, 7) is 12.3. The largest absolute Gasteiger partial charge is 0.479 e. The van der Waals surface area contributed by atoms with E-state index in [0.717, 1.165) is 51.4 Å². The molecule has 33 heavy (non-hydrogen) atoms. The summed E-state index contributed by atoms with van der Waals surface area (Å²) in [5.41, 5.74) is -5.21. The lowest BCUT2D eigenvalue weighted by atomic mass is 9.65. The average molecular weight is 471 g/mol. The highest BCUT2D eigenvalue weighted by Gasteiger charge is 2.72. The van der Waals surface area contributed by atoms with Crippen molar-refractivity contribution in [1.82, 2.24) is 0 Å². The smallest absolute Gasteiger partial charge is 0.339 e. The summed E-state index contributed by atoms with van der Waals surface area (Å²) in [6.07, 6.45) is 7.90. The number of ether oxygens (including phenoxy) is 3. The molecule has 2 heterocycles. The first-order valence-corrected chi connectivity index (χ1v) is 12.8. The third-order valence-electron chi connectivity index (χ3n) is 7.85. The van der Waals surface area contributed by atoms with Crippen molar-refractivity contribution < 1.29 is 34.0 Å².